The van der Waals surface area contributed by atoms with Crippen LogP contribution < -0.4 is 5.43 Å². The predicted octanol–water partition coefficient (Wildman–Crippen LogP) is 3.58. The Kier molecular flexibility index (Phi) is 4.28. The molecule has 0 aliphatic heterocycles. The number of amides is 1. The van der Waals surface area contributed by atoms with E-state index in [1.807, 2.05) is 29.8 Å². The van der Waals surface area contributed by atoms with Crippen LogP contribution in [-0.2, 0) is 0 Å². The molecule has 1 aromatic carbocycles. The van der Waals surface area contributed by atoms with Crippen LogP contribution in [0.1, 0.15) is 21.5 Å². The summed E-state index contributed by atoms with van der Waals surface area (Å²) in [6.45, 7) is 1.97. The normalized spacial score (nSPS) is 10.8. The van der Waals surface area contributed by atoms with Gasteiger partial charge >= 0.3 is 0 Å². The van der Waals surface area contributed by atoms with Crippen molar-refractivity contribution in [3.63, 3.8) is 0 Å². The van der Waals surface area contributed by atoms with Crippen LogP contribution in [-0.4, -0.2) is 12.1 Å². The van der Waals surface area contributed by atoms with Gasteiger partial charge in [-0.1, -0.05) is 22.0 Å². The van der Waals surface area contributed by atoms with Crippen molar-refractivity contribution in [2.24, 2.45) is 5.10 Å². The van der Waals surface area contributed by atoms with E-state index in [2.05, 4.69) is 26.5 Å². The van der Waals surface area contributed by atoms with E-state index in [0.717, 1.165) is 15.6 Å². The number of carbonyl (C=O) groups excluding carboxylic acids is 1. The molecule has 1 N–H and O–H groups in total. The molecule has 5 heteroatoms. The lowest BCUT2D eigenvalue weighted by molar-refractivity contribution is 0.0955. The number of aryl methyl sites for hydroxylation is 1. The fourth-order valence-corrected chi connectivity index (χ4v) is 2.30. The lowest BCUT2D eigenvalue weighted by Crippen LogP contribution is -2.17. The Hall–Kier alpha value is -1.46. The van der Waals surface area contributed by atoms with Crippen LogP contribution in [0.15, 0.2) is 44.6 Å². The van der Waals surface area contributed by atoms with Crippen molar-refractivity contribution in [3.8, 4) is 0 Å². The van der Waals surface area contributed by atoms with Gasteiger partial charge in [-0.05, 0) is 41.4 Å². The number of hydrogen-bond acceptors (Lipinski definition) is 3. The second kappa shape index (κ2) is 5.93. The molecule has 0 spiro atoms. The zero-order valence-electron chi connectivity index (χ0n) is 9.68. The van der Waals surface area contributed by atoms with Gasteiger partial charge in [0, 0.05) is 15.6 Å². The third-order valence-electron chi connectivity index (χ3n) is 2.36. The van der Waals surface area contributed by atoms with E-state index < -0.39 is 0 Å². The first kappa shape index (κ1) is 13.0. The van der Waals surface area contributed by atoms with Crippen LogP contribution in [0.4, 0.5) is 0 Å². The topological polar surface area (TPSA) is 41.5 Å². The van der Waals surface area contributed by atoms with E-state index in [4.69, 9.17) is 0 Å². The van der Waals surface area contributed by atoms with E-state index in [0.29, 0.717) is 5.56 Å². The van der Waals surface area contributed by atoms with Gasteiger partial charge in [-0.2, -0.15) is 16.4 Å². The molecule has 0 unspecified atom stereocenters. The SMILES string of the molecule is Cc1ccc(C(=O)N/N=C/c2ccsc2)cc1Br. The van der Waals surface area contributed by atoms with Crippen LogP contribution >= 0.6 is 27.3 Å². The van der Waals surface area contributed by atoms with Crippen molar-refractivity contribution in [1.82, 2.24) is 5.43 Å². The number of benzene rings is 1. The maximum absolute atomic E-state index is 11.8. The molecule has 1 aromatic heterocycles. The minimum absolute atomic E-state index is 0.220. The van der Waals surface area contributed by atoms with Crippen molar-refractivity contribution in [2.75, 3.05) is 0 Å². The fraction of sp³-hybridized carbons (Fsp3) is 0.0769. The summed E-state index contributed by atoms with van der Waals surface area (Å²) in [6.07, 6.45) is 1.62. The van der Waals surface area contributed by atoms with Crippen molar-refractivity contribution >= 4 is 39.4 Å². The monoisotopic (exact) mass is 322 g/mol. The van der Waals surface area contributed by atoms with Crippen molar-refractivity contribution < 1.29 is 4.79 Å². The lowest BCUT2D eigenvalue weighted by atomic mass is 10.1. The molecule has 0 aliphatic carbocycles. The molecule has 1 amide bonds. The molecule has 2 rings (SSSR count). The molecule has 0 saturated heterocycles. The number of rotatable bonds is 3. The molecule has 0 fully saturated rings. The standard InChI is InChI=1S/C13H11BrN2OS/c1-9-2-3-11(6-12(9)14)13(17)16-15-7-10-4-5-18-8-10/h2-8H,1H3,(H,16,17)/b15-7+. The van der Waals surface area contributed by atoms with Gasteiger partial charge in [-0.15, -0.1) is 0 Å². The van der Waals surface area contributed by atoms with Crippen LogP contribution in [0.25, 0.3) is 0 Å². The summed E-state index contributed by atoms with van der Waals surface area (Å²) >= 11 is 4.99. The molecule has 0 atom stereocenters. The third-order valence-corrected chi connectivity index (χ3v) is 3.91. The Morgan fingerprint density at radius 2 is 2.28 bits per heavy atom. The van der Waals surface area contributed by atoms with Gasteiger partial charge in [0.25, 0.3) is 5.91 Å². The highest BCUT2D eigenvalue weighted by Crippen LogP contribution is 2.17. The Balaban J connectivity index is 2.01. The predicted molar refractivity (Wildman–Crippen MR) is 78.3 cm³/mol. The van der Waals surface area contributed by atoms with Gasteiger partial charge in [0.15, 0.2) is 0 Å². The summed E-state index contributed by atoms with van der Waals surface area (Å²) in [6, 6.07) is 7.38. The molecule has 0 bridgehead atoms. The Labute approximate surface area is 118 Å². The molecule has 1 heterocycles. The average molecular weight is 323 g/mol. The zero-order chi connectivity index (χ0) is 13.0. The highest BCUT2D eigenvalue weighted by Gasteiger charge is 2.05. The maximum atomic E-state index is 11.8. The van der Waals surface area contributed by atoms with E-state index in [1.54, 1.807) is 29.7 Å². The Morgan fingerprint density at radius 1 is 1.44 bits per heavy atom. The van der Waals surface area contributed by atoms with Gasteiger partial charge in [0.2, 0.25) is 0 Å². The molecule has 0 aliphatic rings. The van der Waals surface area contributed by atoms with E-state index in [9.17, 15) is 4.79 Å². The van der Waals surface area contributed by atoms with Crippen molar-refractivity contribution in [1.29, 1.82) is 0 Å². The quantitative estimate of drug-likeness (QED) is 0.681. The molecular weight excluding hydrogens is 312 g/mol. The highest BCUT2D eigenvalue weighted by molar-refractivity contribution is 9.10. The number of hydrogen-bond donors (Lipinski definition) is 1. The minimum Gasteiger partial charge on any atom is -0.267 e. The first-order valence-corrected chi connectivity index (χ1v) is 7.02. The summed E-state index contributed by atoms with van der Waals surface area (Å²) in [4.78, 5) is 11.8. The number of nitrogens with zero attached hydrogens (tertiary/aromatic N) is 1. The van der Waals surface area contributed by atoms with Gasteiger partial charge in [-0.25, -0.2) is 5.43 Å². The largest absolute Gasteiger partial charge is 0.271 e. The van der Waals surface area contributed by atoms with Crippen LogP contribution in [0.2, 0.25) is 0 Å². The smallest absolute Gasteiger partial charge is 0.267 e. The van der Waals surface area contributed by atoms with E-state index in [-0.39, 0.29) is 5.91 Å². The number of carbonyl (C=O) groups is 1. The lowest BCUT2D eigenvalue weighted by Gasteiger charge is -2.02. The molecule has 0 saturated carbocycles. The zero-order valence-corrected chi connectivity index (χ0v) is 12.1. The summed E-state index contributed by atoms with van der Waals surface area (Å²) in [5.41, 5.74) is 5.15. The third kappa shape index (κ3) is 3.27. The van der Waals surface area contributed by atoms with Crippen molar-refractivity contribution in [3.05, 3.63) is 56.2 Å². The molecule has 3 nitrogen and oxygen atoms in total. The first-order valence-electron chi connectivity index (χ1n) is 5.28. The molecule has 0 radical (unpaired) electrons. The maximum Gasteiger partial charge on any atom is 0.271 e. The van der Waals surface area contributed by atoms with Gasteiger partial charge in [0.1, 0.15) is 0 Å². The minimum atomic E-state index is -0.220. The highest BCUT2D eigenvalue weighted by atomic mass is 79.9. The summed E-state index contributed by atoms with van der Waals surface area (Å²) < 4.78 is 0.914. The number of nitrogens with one attached hydrogen (secondary N) is 1. The summed E-state index contributed by atoms with van der Waals surface area (Å²) in [5.74, 6) is -0.220. The fourth-order valence-electron chi connectivity index (χ4n) is 1.31. The number of halogens is 1. The second-order valence-corrected chi connectivity index (χ2v) is 5.35. The van der Waals surface area contributed by atoms with Gasteiger partial charge in [0.05, 0.1) is 6.21 Å². The molecule has 92 valence electrons. The number of hydrazone groups is 1. The molecule has 2 aromatic rings. The van der Waals surface area contributed by atoms with Crippen LogP contribution in [0.5, 0.6) is 0 Å². The van der Waals surface area contributed by atoms with E-state index >= 15 is 0 Å². The Bertz CT molecular complexity index is 579. The van der Waals surface area contributed by atoms with E-state index in [1.165, 1.54) is 0 Å². The van der Waals surface area contributed by atoms with Crippen LogP contribution in [0.3, 0.4) is 0 Å². The van der Waals surface area contributed by atoms with Gasteiger partial charge in [-0.3, -0.25) is 4.79 Å². The average Bonchev–Trinajstić information content (AvgIpc) is 2.85. The van der Waals surface area contributed by atoms with Crippen LogP contribution in [0, 0.1) is 6.92 Å². The molecule has 18 heavy (non-hydrogen) atoms. The Morgan fingerprint density at radius 3 is 2.94 bits per heavy atom. The first-order chi connectivity index (χ1) is 8.66. The molecular formula is C13H11BrN2OS. The van der Waals surface area contributed by atoms with Gasteiger partial charge < -0.3 is 0 Å². The summed E-state index contributed by atoms with van der Waals surface area (Å²) in [5, 5.41) is 7.82. The summed E-state index contributed by atoms with van der Waals surface area (Å²) in [7, 11) is 0. The van der Waals surface area contributed by atoms with Crippen molar-refractivity contribution in [2.45, 2.75) is 6.92 Å². The second-order valence-electron chi connectivity index (χ2n) is 3.72. The number of thiophene rings is 1.